The molecule has 28 heavy (non-hydrogen) atoms. The van der Waals surface area contributed by atoms with E-state index in [0.717, 1.165) is 17.7 Å². The van der Waals surface area contributed by atoms with E-state index >= 15 is 0 Å². The molecule has 1 heterocycles. The number of benzene rings is 2. The molecule has 0 saturated carbocycles. The maximum Gasteiger partial charge on any atom is 0.278 e. The normalized spacial score (nSPS) is 10.5. The van der Waals surface area contributed by atoms with Crippen LogP contribution >= 0.6 is 11.6 Å². The van der Waals surface area contributed by atoms with E-state index in [1.54, 1.807) is 31.2 Å². The first kappa shape index (κ1) is 19.6. The molecule has 0 aliphatic rings. The van der Waals surface area contributed by atoms with Crippen LogP contribution in [0.3, 0.4) is 0 Å². The Morgan fingerprint density at radius 3 is 2.50 bits per heavy atom. The third kappa shape index (κ3) is 4.55. The van der Waals surface area contributed by atoms with Gasteiger partial charge in [-0.2, -0.15) is 0 Å². The molecule has 0 unspecified atom stereocenters. The molecule has 7 nitrogen and oxygen atoms in total. The van der Waals surface area contributed by atoms with Crippen LogP contribution in [0.1, 0.15) is 28.7 Å². The summed E-state index contributed by atoms with van der Waals surface area (Å²) in [5, 5.41) is 14.1. The lowest BCUT2D eigenvalue weighted by Crippen LogP contribution is -2.21. The molecule has 2 aromatic carbocycles. The van der Waals surface area contributed by atoms with E-state index in [2.05, 4.69) is 20.9 Å². The molecule has 2 N–H and O–H groups in total. The summed E-state index contributed by atoms with van der Waals surface area (Å²) in [4.78, 5) is 24.8. The number of anilines is 2. The van der Waals surface area contributed by atoms with Crippen molar-refractivity contribution < 1.29 is 9.59 Å². The van der Waals surface area contributed by atoms with Crippen LogP contribution in [0.4, 0.5) is 11.4 Å². The van der Waals surface area contributed by atoms with Crippen LogP contribution in [0.5, 0.6) is 0 Å². The molecule has 0 bridgehead atoms. The van der Waals surface area contributed by atoms with Crippen molar-refractivity contribution in [2.24, 2.45) is 0 Å². The molecule has 0 aliphatic heterocycles. The highest BCUT2D eigenvalue weighted by Gasteiger charge is 2.18. The Bertz CT molecular complexity index is 998. The van der Waals surface area contributed by atoms with Gasteiger partial charge in [0.15, 0.2) is 5.69 Å². The fourth-order valence-electron chi connectivity index (χ4n) is 2.72. The Kier molecular flexibility index (Phi) is 6.06. The van der Waals surface area contributed by atoms with Gasteiger partial charge in [0, 0.05) is 16.4 Å². The van der Waals surface area contributed by atoms with E-state index in [0.29, 0.717) is 16.4 Å². The zero-order chi connectivity index (χ0) is 20.1. The maximum absolute atomic E-state index is 12.6. The zero-order valence-electron chi connectivity index (χ0n) is 15.6. The minimum Gasteiger partial charge on any atom is -0.324 e. The van der Waals surface area contributed by atoms with Crippen LogP contribution < -0.4 is 10.6 Å². The topological polar surface area (TPSA) is 88.9 Å². The van der Waals surface area contributed by atoms with Crippen molar-refractivity contribution in [3.8, 4) is 0 Å². The van der Waals surface area contributed by atoms with Gasteiger partial charge in [0.25, 0.3) is 5.91 Å². The summed E-state index contributed by atoms with van der Waals surface area (Å²) in [5.41, 5.74) is 3.09. The number of aromatic nitrogens is 3. The predicted octanol–water partition coefficient (Wildman–Crippen LogP) is 3.69. The highest BCUT2D eigenvalue weighted by atomic mass is 35.5. The number of hydrogen-bond acceptors (Lipinski definition) is 4. The summed E-state index contributed by atoms with van der Waals surface area (Å²) in [5.74, 6) is -0.638. The van der Waals surface area contributed by atoms with Crippen molar-refractivity contribution in [1.82, 2.24) is 15.0 Å². The van der Waals surface area contributed by atoms with E-state index in [4.69, 9.17) is 11.6 Å². The first-order valence-electron chi connectivity index (χ1n) is 8.82. The average Bonchev–Trinajstić information content (AvgIpc) is 3.04. The lowest BCUT2D eigenvalue weighted by Gasteiger charge is -2.09. The highest BCUT2D eigenvalue weighted by molar-refractivity contribution is 6.30. The minimum absolute atomic E-state index is 0.0553. The largest absolute Gasteiger partial charge is 0.324 e. The molecule has 8 heteroatoms. The zero-order valence-corrected chi connectivity index (χ0v) is 16.3. The summed E-state index contributed by atoms with van der Waals surface area (Å²) in [6.07, 6.45) is 0.799. The Balaban J connectivity index is 1.68. The molecule has 0 spiro atoms. The first-order valence-corrected chi connectivity index (χ1v) is 9.20. The van der Waals surface area contributed by atoms with Gasteiger partial charge in [-0.1, -0.05) is 41.9 Å². The number of aryl methyl sites for hydroxylation is 1. The number of halogens is 1. The summed E-state index contributed by atoms with van der Waals surface area (Å²) in [7, 11) is 0. The number of amides is 2. The van der Waals surface area contributed by atoms with Crippen LogP contribution in [0, 0.1) is 6.92 Å². The second kappa shape index (κ2) is 8.67. The van der Waals surface area contributed by atoms with Crippen LogP contribution in [0.15, 0.2) is 48.5 Å². The van der Waals surface area contributed by atoms with Crippen molar-refractivity contribution >= 4 is 34.8 Å². The van der Waals surface area contributed by atoms with Crippen molar-refractivity contribution in [2.75, 3.05) is 10.6 Å². The molecule has 0 aliphatic carbocycles. The van der Waals surface area contributed by atoms with Gasteiger partial charge in [0.2, 0.25) is 5.91 Å². The molecule has 3 aromatic rings. The fourth-order valence-corrected chi connectivity index (χ4v) is 2.85. The van der Waals surface area contributed by atoms with E-state index in [9.17, 15) is 9.59 Å². The number of hydrogen-bond donors (Lipinski definition) is 2. The molecule has 0 radical (unpaired) electrons. The van der Waals surface area contributed by atoms with Gasteiger partial charge in [-0.3, -0.25) is 9.59 Å². The van der Waals surface area contributed by atoms with Crippen LogP contribution in [-0.4, -0.2) is 26.8 Å². The molecule has 0 saturated heterocycles. The third-order valence-corrected chi connectivity index (χ3v) is 4.52. The van der Waals surface area contributed by atoms with Gasteiger partial charge in [-0.25, -0.2) is 4.68 Å². The van der Waals surface area contributed by atoms with Gasteiger partial charge in [-0.05, 0) is 49.2 Å². The molecule has 2 amide bonds. The van der Waals surface area contributed by atoms with Crippen molar-refractivity contribution in [3.63, 3.8) is 0 Å². The number of para-hydroxylation sites is 1. The van der Waals surface area contributed by atoms with Crippen molar-refractivity contribution in [2.45, 2.75) is 26.8 Å². The van der Waals surface area contributed by atoms with Gasteiger partial charge in [0.05, 0.1) is 5.69 Å². The Labute approximate surface area is 167 Å². The molecule has 0 fully saturated rings. The smallest absolute Gasteiger partial charge is 0.278 e. The molecule has 3 rings (SSSR count). The summed E-state index contributed by atoms with van der Waals surface area (Å²) >= 11 is 5.84. The maximum atomic E-state index is 12.6. The molecule has 0 atom stereocenters. The second-order valence-electron chi connectivity index (χ2n) is 6.20. The SMILES string of the molecule is CCc1ccccc1NC(=O)c1nnn(CC(=O)Nc2ccc(Cl)cc2)c1C. The van der Waals surface area contributed by atoms with Crippen LogP contribution in [0.2, 0.25) is 5.02 Å². The van der Waals surface area contributed by atoms with Crippen molar-refractivity contribution in [3.05, 3.63) is 70.5 Å². The van der Waals surface area contributed by atoms with E-state index in [-0.39, 0.29) is 24.1 Å². The Morgan fingerprint density at radius 1 is 1.07 bits per heavy atom. The van der Waals surface area contributed by atoms with E-state index in [1.165, 1.54) is 4.68 Å². The van der Waals surface area contributed by atoms with E-state index < -0.39 is 0 Å². The summed E-state index contributed by atoms with van der Waals surface area (Å²) in [6, 6.07) is 14.4. The van der Waals surface area contributed by atoms with Gasteiger partial charge >= 0.3 is 0 Å². The van der Waals surface area contributed by atoms with E-state index in [1.807, 2.05) is 31.2 Å². The van der Waals surface area contributed by atoms with Crippen LogP contribution in [-0.2, 0) is 17.8 Å². The van der Waals surface area contributed by atoms with Gasteiger partial charge in [0.1, 0.15) is 6.54 Å². The molecular formula is C20H20ClN5O2. The summed E-state index contributed by atoms with van der Waals surface area (Å²) in [6.45, 7) is 3.67. The number of nitrogens with zero attached hydrogens (tertiary/aromatic N) is 3. The Morgan fingerprint density at radius 2 is 1.79 bits per heavy atom. The lowest BCUT2D eigenvalue weighted by molar-refractivity contribution is -0.117. The average molecular weight is 398 g/mol. The molecule has 1 aromatic heterocycles. The predicted molar refractivity (Wildman–Crippen MR) is 109 cm³/mol. The molecule has 144 valence electrons. The third-order valence-electron chi connectivity index (χ3n) is 4.27. The Hall–Kier alpha value is -3.19. The lowest BCUT2D eigenvalue weighted by atomic mass is 10.1. The summed E-state index contributed by atoms with van der Waals surface area (Å²) < 4.78 is 1.39. The fraction of sp³-hybridized carbons (Fsp3) is 0.200. The van der Waals surface area contributed by atoms with Crippen LogP contribution in [0.25, 0.3) is 0 Å². The molecular weight excluding hydrogens is 378 g/mol. The van der Waals surface area contributed by atoms with Gasteiger partial charge in [-0.15, -0.1) is 5.10 Å². The number of rotatable bonds is 6. The second-order valence-corrected chi connectivity index (χ2v) is 6.64. The van der Waals surface area contributed by atoms with Gasteiger partial charge < -0.3 is 10.6 Å². The highest BCUT2D eigenvalue weighted by Crippen LogP contribution is 2.17. The number of carbonyl (C=O) groups is 2. The monoisotopic (exact) mass is 397 g/mol. The van der Waals surface area contributed by atoms with Crippen molar-refractivity contribution in [1.29, 1.82) is 0 Å². The standard InChI is InChI=1S/C20H20ClN5O2/c1-3-14-6-4-5-7-17(14)23-20(28)19-13(2)26(25-24-19)12-18(27)22-16-10-8-15(21)9-11-16/h4-11H,3,12H2,1-2H3,(H,22,27)(H,23,28). The quantitative estimate of drug-likeness (QED) is 0.663. The number of nitrogens with one attached hydrogen (secondary N) is 2. The first-order chi connectivity index (χ1) is 13.5. The minimum atomic E-state index is -0.359. The number of carbonyl (C=O) groups excluding carboxylic acids is 2.